The molecule has 19 heavy (non-hydrogen) atoms. The summed E-state index contributed by atoms with van der Waals surface area (Å²) < 4.78 is 30.9. The maximum atomic E-state index is 12.1. The highest BCUT2D eigenvalue weighted by molar-refractivity contribution is 7.89. The Bertz CT molecular complexity index is 421. The Labute approximate surface area is 114 Å². The molecule has 0 aromatic heterocycles. The van der Waals surface area contributed by atoms with Gasteiger partial charge in [-0.25, -0.2) is 8.42 Å². The van der Waals surface area contributed by atoms with Gasteiger partial charge in [0.2, 0.25) is 10.0 Å². The summed E-state index contributed by atoms with van der Waals surface area (Å²) in [6, 6.07) is 0. The predicted octanol–water partition coefficient (Wildman–Crippen LogP) is 0.0478. The lowest BCUT2D eigenvalue weighted by molar-refractivity contribution is -0.142. The fourth-order valence-electron chi connectivity index (χ4n) is 2.44. The van der Waals surface area contributed by atoms with Gasteiger partial charge in [-0.1, -0.05) is 0 Å². The van der Waals surface area contributed by atoms with Gasteiger partial charge in [0.1, 0.15) is 6.10 Å². The molecule has 0 bridgehead atoms. The molecule has 2 rings (SSSR count). The van der Waals surface area contributed by atoms with E-state index in [4.69, 9.17) is 4.74 Å². The second-order valence-corrected chi connectivity index (χ2v) is 7.81. The molecule has 1 atom stereocenters. The Morgan fingerprint density at radius 1 is 1.21 bits per heavy atom. The number of carbonyl (C=O) groups is 1. The molecule has 0 saturated carbocycles. The van der Waals surface area contributed by atoms with E-state index >= 15 is 0 Å². The Balaban J connectivity index is 1.90. The van der Waals surface area contributed by atoms with E-state index in [1.54, 1.807) is 18.7 Å². The van der Waals surface area contributed by atoms with Crippen LogP contribution in [0.2, 0.25) is 0 Å². The molecular weight excluding hydrogens is 268 g/mol. The molecule has 2 saturated heterocycles. The molecule has 2 fully saturated rings. The first-order valence-corrected chi connectivity index (χ1v) is 8.32. The highest BCUT2D eigenvalue weighted by Crippen LogP contribution is 2.17. The van der Waals surface area contributed by atoms with Gasteiger partial charge in [0, 0.05) is 32.8 Å². The molecule has 0 aromatic carbocycles. The fraction of sp³-hybridized carbons (Fsp3) is 0.917. The minimum atomic E-state index is -3.20. The van der Waals surface area contributed by atoms with E-state index in [0.717, 1.165) is 12.8 Å². The smallest absolute Gasteiger partial charge is 0.251 e. The lowest BCUT2D eigenvalue weighted by Crippen LogP contribution is -2.53. The summed E-state index contributed by atoms with van der Waals surface area (Å²) in [6.45, 7) is 5.71. The van der Waals surface area contributed by atoms with E-state index in [-0.39, 0.29) is 12.0 Å². The third kappa shape index (κ3) is 3.09. The van der Waals surface area contributed by atoms with Crippen LogP contribution in [-0.2, 0) is 19.6 Å². The van der Waals surface area contributed by atoms with Crippen molar-refractivity contribution in [3.05, 3.63) is 0 Å². The Kier molecular flexibility index (Phi) is 4.47. The van der Waals surface area contributed by atoms with Crippen molar-refractivity contribution in [3.63, 3.8) is 0 Å². The molecule has 0 radical (unpaired) electrons. The highest BCUT2D eigenvalue weighted by Gasteiger charge is 2.34. The third-order valence-corrected chi connectivity index (χ3v) is 5.99. The summed E-state index contributed by atoms with van der Waals surface area (Å²) >= 11 is 0. The first-order chi connectivity index (χ1) is 8.93. The molecule has 2 aliphatic heterocycles. The normalized spacial score (nSPS) is 26.1. The number of nitrogens with zero attached hydrogens (tertiary/aromatic N) is 2. The SMILES string of the molecule is CC(C)S(=O)(=O)N1CCN(C(=O)C2CCCO2)CC1. The number of amides is 1. The van der Waals surface area contributed by atoms with Crippen LogP contribution in [-0.4, -0.2) is 67.7 Å². The molecule has 1 amide bonds. The Morgan fingerprint density at radius 3 is 2.32 bits per heavy atom. The van der Waals surface area contributed by atoms with E-state index < -0.39 is 15.3 Å². The average Bonchev–Trinajstić information content (AvgIpc) is 2.91. The molecule has 110 valence electrons. The van der Waals surface area contributed by atoms with E-state index in [0.29, 0.717) is 32.8 Å². The molecule has 1 unspecified atom stereocenters. The van der Waals surface area contributed by atoms with Gasteiger partial charge in [0.15, 0.2) is 0 Å². The lowest BCUT2D eigenvalue weighted by atomic mass is 10.2. The minimum Gasteiger partial charge on any atom is -0.368 e. The van der Waals surface area contributed by atoms with Crippen molar-refractivity contribution >= 4 is 15.9 Å². The van der Waals surface area contributed by atoms with Gasteiger partial charge in [-0.3, -0.25) is 4.79 Å². The van der Waals surface area contributed by atoms with Crippen LogP contribution in [0.1, 0.15) is 26.7 Å². The van der Waals surface area contributed by atoms with Crippen LogP contribution in [0.25, 0.3) is 0 Å². The van der Waals surface area contributed by atoms with Crippen molar-refractivity contribution in [1.29, 1.82) is 0 Å². The molecule has 7 heteroatoms. The van der Waals surface area contributed by atoms with Crippen LogP contribution < -0.4 is 0 Å². The van der Waals surface area contributed by atoms with Gasteiger partial charge in [0.05, 0.1) is 5.25 Å². The largest absolute Gasteiger partial charge is 0.368 e. The van der Waals surface area contributed by atoms with Gasteiger partial charge >= 0.3 is 0 Å². The minimum absolute atomic E-state index is 0.0131. The predicted molar refractivity (Wildman–Crippen MR) is 71.2 cm³/mol. The zero-order chi connectivity index (χ0) is 14.0. The van der Waals surface area contributed by atoms with Crippen LogP contribution >= 0.6 is 0 Å². The topological polar surface area (TPSA) is 66.9 Å². The second kappa shape index (κ2) is 5.76. The van der Waals surface area contributed by atoms with Gasteiger partial charge in [-0.05, 0) is 26.7 Å². The number of piperazine rings is 1. The summed E-state index contributed by atoms with van der Waals surface area (Å²) in [6.07, 6.45) is 1.40. The van der Waals surface area contributed by atoms with Crippen molar-refractivity contribution in [2.45, 2.75) is 38.0 Å². The van der Waals surface area contributed by atoms with Crippen molar-refractivity contribution in [2.75, 3.05) is 32.8 Å². The lowest BCUT2D eigenvalue weighted by Gasteiger charge is -2.35. The number of hydrogen-bond acceptors (Lipinski definition) is 4. The van der Waals surface area contributed by atoms with Crippen molar-refractivity contribution in [2.24, 2.45) is 0 Å². The standard InChI is InChI=1S/C12H22N2O4S/c1-10(2)19(16,17)14-7-5-13(6-8-14)12(15)11-4-3-9-18-11/h10-11H,3-9H2,1-2H3. The number of carbonyl (C=O) groups excluding carboxylic acids is 1. The van der Waals surface area contributed by atoms with E-state index in [2.05, 4.69) is 0 Å². The van der Waals surface area contributed by atoms with Gasteiger partial charge < -0.3 is 9.64 Å². The van der Waals surface area contributed by atoms with Crippen LogP contribution in [0.15, 0.2) is 0 Å². The van der Waals surface area contributed by atoms with E-state index in [1.807, 2.05) is 0 Å². The second-order valence-electron chi connectivity index (χ2n) is 5.32. The maximum Gasteiger partial charge on any atom is 0.251 e. The van der Waals surface area contributed by atoms with Crippen LogP contribution in [0.3, 0.4) is 0 Å². The Morgan fingerprint density at radius 2 is 1.84 bits per heavy atom. The summed E-state index contributed by atoms with van der Waals surface area (Å²) in [5.74, 6) is 0.0131. The fourth-order valence-corrected chi connectivity index (χ4v) is 3.71. The Hall–Kier alpha value is -0.660. The van der Waals surface area contributed by atoms with Crippen molar-refractivity contribution < 1.29 is 17.9 Å². The number of ether oxygens (including phenoxy) is 1. The van der Waals surface area contributed by atoms with Gasteiger partial charge in [-0.15, -0.1) is 0 Å². The molecule has 0 aliphatic carbocycles. The van der Waals surface area contributed by atoms with Crippen LogP contribution in [0, 0.1) is 0 Å². The number of hydrogen-bond donors (Lipinski definition) is 0. The number of sulfonamides is 1. The summed E-state index contributed by atoms with van der Waals surface area (Å²) in [5.41, 5.74) is 0. The summed E-state index contributed by atoms with van der Waals surface area (Å²) in [5, 5.41) is -0.409. The average molecular weight is 290 g/mol. The monoisotopic (exact) mass is 290 g/mol. The maximum absolute atomic E-state index is 12.1. The molecule has 0 N–H and O–H groups in total. The van der Waals surface area contributed by atoms with Gasteiger partial charge in [-0.2, -0.15) is 4.31 Å². The molecule has 0 aromatic rings. The molecule has 2 aliphatic rings. The zero-order valence-corrected chi connectivity index (χ0v) is 12.4. The molecule has 0 spiro atoms. The quantitative estimate of drug-likeness (QED) is 0.736. The molecule has 2 heterocycles. The zero-order valence-electron chi connectivity index (χ0n) is 11.5. The molecule has 6 nitrogen and oxygen atoms in total. The first kappa shape index (κ1) is 14.7. The van der Waals surface area contributed by atoms with E-state index in [9.17, 15) is 13.2 Å². The van der Waals surface area contributed by atoms with Crippen molar-refractivity contribution in [3.8, 4) is 0 Å². The summed E-state index contributed by atoms with van der Waals surface area (Å²) in [4.78, 5) is 13.8. The van der Waals surface area contributed by atoms with Crippen LogP contribution in [0.4, 0.5) is 0 Å². The number of rotatable bonds is 3. The van der Waals surface area contributed by atoms with Gasteiger partial charge in [0.25, 0.3) is 5.91 Å². The van der Waals surface area contributed by atoms with E-state index in [1.165, 1.54) is 4.31 Å². The molecular formula is C12H22N2O4S. The van der Waals surface area contributed by atoms with Crippen LogP contribution in [0.5, 0.6) is 0 Å². The first-order valence-electron chi connectivity index (χ1n) is 6.82. The summed E-state index contributed by atoms with van der Waals surface area (Å²) in [7, 11) is -3.20. The third-order valence-electron chi connectivity index (χ3n) is 3.71. The highest BCUT2D eigenvalue weighted by atomic mass is 32.2. The van der Waals surface area contributed by atoms with Crippen molar-refractivity contribution in [1.82, 2.24) is 9.21 Å².